The van der Waals surface area contributed by atoms with Gasteiger partial charge in [-0.25, -0.2) is 13.2 Å². The quantitative estimate of drug-likeness (QED) is 0.380. The van der Waals surface area contributed by atoms with Crippen molar-refractivity contribution in [2.45, 2.75) is 76.5 Å². The fraction of sp³-hybridized carbons (Fsp3) is 0.517. The van der Waals surface area contributed by atoms with Crippen molar-refractivity contribution in [3.63, 3.8) is 0 Å². The largest absolute Gasteiger partial charge is 0.494 e. The molecule has 4 rings (SSSR count). The molecule has 0 N–H and O–H groups in total. The predicted molar refractivity (Wildman–Crippen MR) is 128 cm³/mol. The third kappa shape index (κ3) is 5.18. The molecule has 0 unspecified atom stereocenters. The molecule has 0 amide bonds. The van der Waals surface area contributed by atoms with E-state index < -0.39 is 23.3 Å². The number of rotatable bonds is 6. The summed E-state index contributed by atoms with van der Waals surface area (Å²) in [4.78, 5) is 0. The number of hydrogen-bond acceptors (Lipinski definition) is 1. The molecule has 0 saturated heterocycles. The maximum Gasteiger partial charge on any atom is 0.201 e. The van der Waals surface area contributed by atoms with Crippen LogP contribution < -0.4 is 4.74 Å². The first kappa shape index (κ1) is 24.8. The van der Waals surface area contributed by atoms with Gasteiger partial charge in [-0.15, -0.1) is 0 Å². The average molecular weight is 475 g/mol. The van der Waals surface area contributed by atoms with Crippen molar-refractivity contribution in [1.29, 1.82) is 0 Å². The lowest BCUT2D eigenvalue weighted by atomic mass is 9.75. The van der Waals surface area contributed by atoms with E-state index in [2.05, 4.69) is 6.92 Å². The number of ether oxygens (including phenoxy) is 1. The van der Waals surface area contributed by atoms with Gasteiger partial charge in [0, 0.05) is 5.56 Å². The van der Waals surface area contributed by atoms with E-state index in [4.69, 9.17) is 4.74 Å². The smallest absolute Gasteiger partial charge is 0.201 e. The minimum absolute atomic E-state index is 0.0146. The van der Waals surface area contributed by atoms with Crippen molar-refractivity contribution in [3.05, 3.63) is 70.3 Å². The highest BCUT2D eigenvalue weighted by Crippen LogP contribution is 2.42. The normalized spacial score (nSPS) is 25.6. The topological polar surface area (TPSA) is 9.23 Å². The average Bonchev–Trinajstić information content (AvgIpc) is 2.87. The van der Waals surface area contributed by atoms with Crippen molar-refractivity contribution in [3.8, 4) is 5.75 Å². The van der Waals surface area contributed by atoms with Gasteiger partial charge in [-0.1, -0.05) is 37.6 Å². The molecule has 0 radical (unpaired) electrons. The Kier molecular flexibility index (Phi) is 8.00. The lowest BCUT2D eigenvalue weighted by Gasteiger charge is -2.30. The van der Waals surface area contributed by atoms with Crippen LogP contribution in [0.1, 0.15) is 93.2 Å². The highest BCUT2D eigenvalue weighted by Gasteiger charge is 2.29. The van der Waals surface area contributed by atoms with Gasteiger partial charge in [0.25, 0.3) is 0 Å². The molecule has 5 heteroatoms. The predicted octanol–water partition coefficient (Wildman–Crippen LogP) is 8.92. The second-order valence-electron chi connectivity index (χ2n) is 9.95. The van der Waals surface area contributed by atoms with Gasteiger partial charge in [0.1, 0.15) is 0 Å². The summed E-state index contributed by atoms with van der Waals surface area (Å²) >= 11 is 0. The van der Waals surface area contributed by atoms with Gasteiger partial charge in [-0.3, -0.25) is 0 Å². The first-order valence-electron chi connectivity index (χ1n) is 12.6. The monoisotopic (exact) mass is 474 g/mol. The van der Waals surface area contributed by atoms with Crippen LogP contribution in [0, 0.1) is 35.1 Å². The Bertz CT molecular complexity index is 1020. The Morgan fingerprint density at radius 3 is 1.82 bits per heavy atom. The maximum atomic E-state index is 15.1. The number of halogens is 4. The van der Waals surface area contributed by atoms with Crippen LogP contribution in [0.5, 0.6) is 5.75 Å². The molecule has 2 aliphatic rings. The highest BCUT2D eigenvalue weighted by molar-refractivity contribution is 5.52. The molecule has 0 spiro atoms. The van der Waals surface area contributed by atoms with Crippen molar-refractivity contribution < 1.29 is 22.3 Å². The van der Waals surface area contributed by atoms with Crippen LogP contribution in [0.25, 0.3) is 6.08 Å². The molecule has 0 heterocycles. The third-order valence-electron chi connectivity index (χ3n) is 8.06. The van der Waals surface area contributed by atoms with Crippen LogP contribution in [0.3, 0.4) is 0 Å². The lowest BCUT2D eigenvalue weighted by molar-refractivity contribution is 0.311. The Morgan fingerprint density at radius 2 is 1.29 bits per heavy atom. The summed E-state index contributed by atoms with van der Waals surface area (Å²) in [6.45, 7) is 2.20. The van der Waals surface area contributed by atoms with Crippen LogP contribution >= 0.6 is 0 Å². The molecule has 0 bridgehead atoms. The molecule has 0 aliphatic heterocycles. The van der Waals surface area contributed by atoms with E-state index in [0.29, 0.717) is 17.0 Å². The second-order valence-corrected chi connectivity index (χ2v) is 9.95. The summed E-state index contributed by atoms with van der Waals surface area (Å²) in [5, 5.41) is 0. The number of allylic oxidation sites excluding steroid dienone is 1. The van der Waals surface area contributed by atoms with Gasteiger partial charge in [0.05, 0.1) is 7.11 Å². The lowest BCUT2D eigenvalue weighted by Crippen LogP contribution is -2.16. The molecule has 2 aliphatic carbocycles. The summed E-state index contributed by atoms with van der Waals surface area (Å²) in [6, 6.07) is 6.52. The van der Waals surface area contributed by atoms with Gasteiger partial charge in [0.15, 0.2) is 23.2 Å². The van der Waals surface area contributed by atoms with Crippen LogP contribution in [-0.4, -0.2) is 7.11 Å². The summed E-state index contributed by atoms with van der Waals surface area (Å²) in [6.07, 6.45) is 11.8. The van der Waals surface area contributed by atoms with Gasteiger partial charge < -0.3 is 4.74 Å². The standard InChI is InChI=1S/C29H34F4O/c1-3-18-4-9-20(10-5-18)23-15-16-24(28(32)27(23)31)21-11-6-19(7-12-21)8-13-22-14-17-25(34-2)29(33)26(22)30/h8,13-21H,3-7,9-12H2,1-2H3. The summed E-state index contributed by atoms with van der Waals surface area (Å²) in [5.41, 5.74) is 1.20. The van der Waals surface area contributed by atoms with Crippen LogP contribution in [0.2, 0.25) is 0 Å². The molecule has 2 aromatic rings. The minimum atomic E-state index is -0.993. The molecular weight excluding hydrogens is 440 g/mol. The third-order valence-corrected chi connectivity index (χ3v) is 8.06. The Labute approximate surface area is 200 Å². The number of benzene rings is 2. The highest BCUT2D eigenvalue weighted by atomic mass is 19.2. The van der Waals surface area contributed by atoms with Crippen LogP contribution in [-0.2, 0) is 0 Å². The first-order valence-corrected chi connectivity index (χ1v) is 12.6. The van der Waals surface area contributed by atoms with E-state index >= 15 is 8.78 Å². The van der Waals surface area contributed by atoms with Crippen molar-refractivity contribution in [2.24, 2.45) is 11.8 Å². The molecule has 1 nitrogen and oxygen atoms in total. The van der Waals surface area contributed by atoms with Gasteiger partial charge in [0.2, 0.25) is 5.82 Å². The van der Waals surface area contributed by atoms with Gasteiger partial charge in [-0.05, 0) is 98.3 Å². The molecule has 0 aromatic heterocycles. The van der Waals surface area contributed by atoms with Crippen LogP contribution in [0.4, 0.5) is 17.6 Å². The van der Waals surface area contributed by atoms with E-state index in [1.54, 1.807) is 12.1 Å². The number of methoxy groups -OCH3 is 1. The summed E-state index contributed by atoms with van der Waals surface area (Å²) in [7, 11) is 1.30. The van der Waals surface area contributed by atoms with E-state index in [-0.39, 0.29) is 29.1 Å². The fourth-order valence-corrected chi connectivity index (χ4v) is 5.79. The zero-order chi connectivity index (χ0) is 24.2. The SMILES string of the molecule is CCC1CCC(c2ccc(C3CCC(C=Cc4ccc(OC)c(F)c4F)CC3)c(F)c2F)CC1. The van der Waals surface area contributed by atoms with Crippen molar-refractivity contribution >= 4 is 6.08 Å². The maximum absolute atomic E-state index is 15.1. The fourth-order valence-electron chi connectivity index (χ4n) is 5.79. The van der Waals surface area contributed by atoms with Gasteiger partial charge >= 0.3 is 0 Å². The van der Waals surface area contributed by atoms with E-state index in [1.807, 2.05) is 12.1 Å². The van der Waals surface area contributed by atoms with E-state index in [0.717, 1.165) is 57.8 Å². The Balaban J connectivity index is 1.38. The molecule has 2 fully saturated rings. The molecule has 2 saturated carbocycles. The summed E-state index contributed by atoms with van der Waals surface area (Å²) < 4.78 is 63.0. The minimum Gasteiger partial charge on any atom is -0.494 e. The van der Waals surface area contributed by atoms with Crippen molar-refractivity contribution in [1.82, 2.24) is 0 Å². The number of hydrogen-bond donors (Lipinski definition) is 0. The van der Waals surface area contributed by atoms with E-state index in [1.165, 1.54) is 19.2 Å². The molecule has 2 aromatic carbocycles. The summed E-state index contributed by atoms with van der Waals surface area (Å²) in [5.74, 6) is -2.35. The van der Waals surface area contributed by atoms with Gasteiger partial charge in [-0.2, -0.15) is 4.39 Å². The van der Waals surface area contributed by atoms with Crippen LogP contribution in [0.15, 0.2) is 30.3 Å². The van der Waals surface area contributed by atoms with E-state index in [9.17, 15) is 8.78 Å². The zero-order valence-corrected chi connectivity index (χ0v) is 20.1. The Morgan fingerprint density at radius 1 is 0.735 bits per heavy atom. The first-order chi connectivity index (χ1) is 16.4. The molecule has 0 atom stereocenters. The zero-order valence-electron chi connectivity index (χ0n) is 20.1. The van der Waals surface area contributed by atoms with Crippen molar-refractivity contribution in [2.75, 3.05) is 7.11 Å². The Hall–Kier alpha value is -2.30. The molecule has 184 valence electrons. The molecular formula is C29H34F4O. The molecule has 34 heavy (non-hydrogen) atoms. The second kappa shape index (κ2) is 11.0.